The molecule has 0 spiro atoms. The normalized spacial score (nSPS) is 20.6. The Morgan fingerprint density at radius 1 is 1.61 bits per heavy atom. The highest BCUT2D eigenvalue weighted by atomic mass is 16.5. The smallest absolute Gasteiger partial charge is 0.323 e. The van der Waals surface area contributed by atoms with Gasteiger partial charge in [-0.15, -0.1) is 5.10 Å². The molecule has 1 fully saturated rings. The molecule has 7 nitrogen and oxygen atoms in total. The highest BCUT2D eigenvalue weighted by Gasteiger charge is 2.29. The number of aromatic nitrogens is 2. The van der Waals surface area contributed by atoms with Gasteiger partial charge >= 0.3 is 5.97 Å². The van der Waals surface area contributed by atoms with Crippen LogP contribution in [0.25, 0.3) is 0 Å². The molecule has 0 aromatic carbocycles. The number of carboxylic acid groups (broad SMARTS) is 1. The molecule has 7 heteroatoms. The minimum absolute atomic E-state index is 0.207. The van der Waals surface area contributed by atoms with Crippen molar-refractivity contribution in [3.63, 3.8) is 0 Å². The third kappa shape index (κ3) is 2.93. The van der Waals surface area contributed by atoms with Crippen molar-refractivity contribution < 1.29 is 19.4 Å². The lowest BCUT2D eigenvalue weighted by Crippen LogP contribution is -2.49. The molecule has 1 saturated heterocycles. The Labute approximate surface area is 104 Å². The zero-order chi connectivity index (χ0) is 13.0. The first-order valence-corrected chi connectivity index (χ1v) is 5.62. The molecule has 1 aromatic heterocycles. The van der Waals surface area contributed by atoms with Gasteiger partial charge in [-0.3, -0.25) is 9.69 Å². The predicted molar refractivity (Wildman–Crippen MR) is 61.2 cm³/mol. The molecular weight excluding hydrogens is 238 g/mol. The topological polar surface area (TPSA) is 84.8 Å². The van der Waals surface area contributed by atoms with E-state index in [9.17, 15) is 4.79 Å². The molecule has 1 aliphatic heterocycles. The van der Waals surface area contributed by atoms with Crippen LogP contribution in [0.1, 0.15) is 5.69 Å². The molecule has 0 bridgehead atoms. The molecule has 1 aromatic rings. The molecule has 1 unspecified atom stereocenters. The number of rotatable bonds is 4. The van der Waals surface area contributed by atoms with Gasteiger partial charge in [0.05, 0.1) is 26.0 Å². The van der Waals surface area contributed by atoms with E-state index < -0.39 is 12.0 Å². The number of nitrogens with zero attached hydrogens (tertiary/aromatic N) is 3. The lowest BCUT2D eigenvalue weighted by Gasteiger charge is -2.32. The van der Waals surface area contributed by atoms with Gasteiger partial charge in [0, 0.05) is 19.2 Å². The van der Waals surface area contributed by atoms with Crippen LogP contribution in [-0.4, -0.2) is 59.1 Å². The second-order valence-electron chi connectivity index (χ2n) is 3.97. The Balaban J connectivity index is 2.03. The van der Waals surface area contributed by atoms with Crippen molar-refractivity contribution in [2.24, 2.45) is 0 Å². The van der Waals surface area contributed by atoms with E-state index in [1.165, 1.54) is 7.11 Å². The zero-order valence-electron chi connectivity index (χ0n) is 10.1. The average Bonchev–Trinajstić information content (AvgIpc) is 2.40. The van der Waals surface area contributed by atoms with Crippen LogP contribution < -0.4 is 4.74 Å². The van der Waals surface area contributed by atoms with E-state index in [2.05, 4.69) is 10.2 Å². The van der Waals surface area contributed by atoms with Gasteiger partial charge < -0.3 is 14.6 Å². The Morgan fingerprint density at radius 2 is 2.44 bits per heavy atom. The SMILES string of the molecule is COc1ccc(CN2CCOCC2C(=O)O)nn1. The predicted octanol–water partition coefficient (Wildman–Crippen LogP) is -0.229. The Morgan fingerprint density at radius 3 is 3.06 bits per heavy atom. The summed E-state index contributed by atoms with van der Waals surface area (Å²) in [4.78, 5) is 12.9. The molecule has 0 saturated carbocycles. The van der Waals surface area contributed by atoms with Gasteiger partial charge in [0.1, 0.15) is 6.04 Å². The quantitative estimate of drug-likeness (QED) is 0.793. The van der Waals surface area contributed by atoms with E-state index in [4.69, 9.17) is 14.6 Å². The number of hydrogen-bond donors (Lipinski definition) is 1. The second-order valence-corrected chi connectivity index (χ2v) is 3.97. The third-order valence-electron chi connectivity index (χ3n) is 2.79. The lowest BCUT2D eigenvalue weighted by molar-refractivity contribution is -0.150. The first-order valence-electron chi connectivity index (χ1n) is 5.62. The van der Waals surface area contributed by atoms with Gasteiger partial charge in [0.2, 0.25) is 5.88 Å². The summed E-state index contributed by atoms with van der Waals surface area (Å²) in [6.45, 7) is 1.76. The van der Waals surface area contributed by atoms with Crippen molar-refractivity contribution in [3.8, 4) is 5.88 Å². The molecular formula is C11H15N3O4. The molecule has 18 heavy (non-hydrogen) atoms. The number of hydrogen-bond acceptors (Lipinski definition) is 6. The fourth-order valence-corrected chi connectivity index (χ4v) is 1.80. The van der Waals surface area contributed by atoms with E-state index in [1.807, 2.05) is 4.90 Å². The summed E-state index contributed by atoms with van der Waals surface area (Å²) >= 11 is 0. The van der Waals surface area contributed by atoms with Crippen LogP contribution in [0.15, 0.2) is 12.1 Å². The molecule has 0 aliphatic carbocycles. The van der Waals surface area contributed by atoms with Gasteiger partial charge in [-0.2, -0.15) is 5.10 Å². The van der Waals surface area contributed by atoms with Crippen LogP contribution in [0, 0.1) is 0 Å². The average molecular weight is 253 g/mol. The summed E-state index contributed by atoms with van der Waals surface area (Å²) in [5.41, 5.74) is 0.712. The summed E-state index contributed by atoms with van der Waals surface area (Å²) in [7, 11) is 1.52. The van der Waals surface area contributed by atoms with Crippen LogP contribution in [-0.2, 0) is 16.1 Å². The van der Waals surface area contributed by atoms with E-state index in [-0.39, 0.29) is 6.61 Å². The highest BCUT2D eigenvalue weighted by molar-refractivity contribution is 5.73. The van der Waals surface area contributed by atoms with Crippen molar-refractivity contribution in [1.29, 1.82) is 0 Å². The Bertz CT molecular complexity index is 409. The zero-order valence-corrected chi connectivity index (χ0v) is 10.1. The van der Waals surface area contributed by atoms with Crippen LogP contribution in [0.4, 0.5) is 0 Å². The monoisotopic (exact) mass is 253 g/mol. The van der Waals surface area contributed by atoms with Crippen LogP contribution >= 0.6 is 0 Å². The first-order chi connectivity index (χ1) is 8.70. The summed E-state index contributed by atoms with van der Waals surface area (Å²) in [5.74, 6) is -0.438. The van der Waals surface area contributed by atoms with Crippen LogP contribution in [0.5, 0.6) is 5.88 Å². The number of carboxylic acids is 1. The van der Waals surface area contributed by atoms with Gasteiger partial charge in [-0.05, 0) is 6.07 Å². The minimum atomic E-state index is -0.879. The summed E-state index contributed by atoms with van der Waals surface area (Å²) in [6, 6.07) is 2.86. The maximum Gasteiger partial charge on any atom is 0.323 e. The van der Waals surface area contributed by atoms with Gasteiger partial charge in [-0.25, -0.2) is 0 Å². The fraction of sp³-hybridized carbons (Fsp3) is 0.545. The first kappa shape index (κ1) is 12.7. The molecule has 98 valence electrons. The van der Waals surface area contributed by atoms with Crippen molar-refractivity contribution in [2.75, 3.05) is 26.9 Å². The van der Waals surface area contributed by atoms with Crippen molar-refractivity contribution in [2.45, 2.75) is 12.6 Å². The van der Waals surface area contributed by atoms with Crippen molar-refractivity contribution in [1.82, 2.24) is 15.1 Å². The largest absolute Gasteiger partial charge is 0.480 e. The van der Waals surface area contributed by atoms with Crippen molar-refractivity contribution >= 4 is 5.97 Å². The maximum absolute atomic E-state index is 11.1. The standard InChI is InChI=1S/C11H15N3O4/c1-17-10-3-2-8(12-13-10)6-14-4-5-18-7-9(14)11(15)16/h2-3,9H,4-7H2,1H3,(H,15,16). The summed E-state index contributed by atoms with van der Waals surface area (Å²) < 4.78 is 10.1. The van der Waals surface area contributed by atoms with Gasteiger partial charge in [0.25, 0.3) is 0 Å². The molecule has 1 N–H and O–H groups in total. The molecule has 2 rings (SSSR count). The van der Waals surface area contributed by atoms with Gasteiger partial charge in [0.15, 0.2) is 0 Å². The highest BCUT2D eigenvalue weighted by Crippen LogP contribution is 2.12. The number of morpholine rings is 1. The number of aliphatic carboxylic acids is 1. The number of ether oxygens (including phenoxy) is 2. The van der Waals surface area contributed by atoms with Crippen molar-refractivity contribution in [3.05, 3.63) is 17.8 Å². The molecule has 2 heterocycles. The summed E-state index contributed by atoms with van der Waals surface area (Å²) in [6.07, 6.45) is 0. The van der Waals surface area contributed by atoms with Crippen LogP contribution in [0.3, 0.4) is 0 Å². The minimum Gasteiger partial charge on any atom is -0.480 e. The second kappa shape index (κ2) is 5.74. The van der Waals surface area contributed by atoms with E-state index in [0.29, 0.717) is 31.3 Å². The van der Waals surface area contributed by atoms with Crippen LogP contribution in [0.2, 0.25) is 0 Å². The molecule has 0 amide bonds. The molecule has 1 atom stereocenters. The van der Waals surface area contributed by atoms with Gasteiger partial charge in [-0.1, -0.05) is 0 Å². The van der Waals surface area contributed by atoms with E-state index in [0.717, 1.165) is 0 Å². The molecule has 1 aliphatic rings. The van der Waals surface area contributed by atoms with E-state index in [1.54, 1.807) is 12.1 Å². The van der Waals surface area contributed by atoms with E-state index >= 15 is 0 Å². The fourth-order valence-electron chi connectivity index (χ4n) is 1.80. The Kier molecular flexibility index (Phi) is 4.06. The lowest BCUT2D eigenvalue weighted by atomic mass is 10.2. The number of carbonyl (C=O) groups is 1. The third-order valence-corrected chi connectivity index (χ3v) is 2.79. The molecule has 0 radical (unpaired) electrons. The number of methoxy groups -OCH3 is 1. The summed E-state index contributed by atoms with van der Waals surface area (Å²) in [5, 5.41) is 16.9. The Hall–Kier alpha value is -1.73. The maximum atomic E-state index is 11.1.